The highest BCUT2D eigenvalue weighted by molar-refractivity contribution is 5.79. The van der Waals surface area contributed by atoms with E-state index in [0.717, 1.165) is 27.7 Å². The largest absolute Gasteiger partial charge is 0.320 e. The molecule has 3 nitrogen and oxygen atoms in total. The molecule has 0 aliphatic rings. The molecule has 0 aliphatic heterocycles. The van der Waals surface area contributed by atoms with Gasteiger partial charge in [-0.05, 0) is 48.4 Å². The van der Waals surface area contributed by atoms with Gasteiger partial charge in [0.2, 0.25) is 0 Å². The Morgan fingerprint density at radius 3 is 2.63 bits per heavy atom. The predicted octanol–water partition coefficient (Wildman–Crippen LogP) is 2.99. The van der Waals surface area contributed by atoms with Crippen LogP contribution in [-0.4, -0.2) is 9.97 Å². The number of hydrogen-bond acceptors (Lipinski definition) is 3. The van der Waals surface area contributed by atoms with E-state index >= 15 is 0 Å². The van der Waals surface area contributed by atoms with Gasteiger partial charge in [0, 0.05) is 23.5 Å². The lowest BCUT2D eigenvalue weighted by atomic mass is 9.98. The zero-order chi connectivity index (χ0) is 13.2. The molecule has 94 valence electrons. The SMILES string of the molecule is Cc1cc(C(N)c2ccc3ncccc3c2)ccn1. The van der Waals surface area contributed by atoms with E-state index in [2.05, 4.69) is 22.1 Å². The zero-order valence-corrected chi connectivity index (χ0v) is 10.7. The van der Waals surface area contributed by atoms with Gasteiger partial charge in [-0.1, -0.05) is 12.1 Å². The maximum Gasteiger partial charge on any atom is 0.0702 e. The van der Waals surface area contributed by atoms with Crippen molar-refractivity contribution in [3.63, 3.8) is 0 Å². The highest BCUT2D eigenvalue weighted by atomic mass is 14.7. The summed E-state index contributed by atoms with van der Waals surface area (Å²) in [7, 11) is 0. The van der Waals surface area contributed by atoms with Crippen LogP contribution in [0, 0.1) is 6.92 Å². The van der Waals surface area contributed by atoms with Crippen LogP contribution in [-0.2, 0) is 0 Å². The second-order valence-corrected chi connectivity index (χ2v) is 4.66. The Morgan fingerprint density at radius 2 is 1.79 bits per heavy atom. The van der Waals surface area contributed by atoms with Crippen molar-refractivity contribution in [1.82, 2.24) is 9.97 Å². The normalized spacial score (nSPS) is 12.5. The van der Waals surface area contributed by atoms with Crippen LogP contribution in [0.25, 0.3) is 10.9 Å². The molecular weight excluding hydrogens is 234 g/mol. The standard InChI is InChI=1S/C16H15N3/c1-11-9-14(6-8-18-11)16(17)13-4-5-15-12(10-13)3-2-7-19-15/h2-10,16H,17H2,1H3. The van der Waals surface area contributed by atoms with Gasteiger partial charge in [0.1, 0.15) is 0 Å². The van der Waals surface area contributed by atoms with Gasteiger partial charge in [0.05, 0.1) is 11.6 Å². The summed E-state index contributed by atoms with van der Waals surface area (Å²) < 4.78 is 0. The number of aryl methyl sites for hydroxylation is 1. The second-order valence-electron chi connectivity index (χ2n) is 4.66. The van der Waals surface area contributed by atoms with Crippen LogP contribution in [0.3, 0.4) is 0 Å². The molecule has 1 unspecified atom stereocenters. The molecule has 0 aliphatic carbocycles. The number of benzene rings is 1. The molecule has 3 heteroatoms. The van der Waals surface area contributed by atoms with Gasteiger partial charge >= 0.3 is 0 Å². The summed E-state index contributed by atoms with van der Waals surface area (Å²) in [6, 6.07) is 14.0. The Morgan fingerprint density at radius 1 is 0.947 bits per heavy atom. The first-order valence-corrected chi connectivity index (χ1v) is 6.27. The summed E-state index contributed by atoms with van der Waals surface area (Å²) >= 11 is 0. The molecule has 2 N–H and O–H groups in total. The first-order valence-electron chi connectivity index (χ1n) is 6.27. The van der Waals surface area contributed by atoms with Crippen molar-refractivity contribution in [2.24, 2.45) is 5.73 Å². The topological polar surface area (TPSA) is 51.8 Å². The Bertz CT molecular complexity index is 722. The van der Waals surface area contributed by atoms with Gasteiger partial charge in [-0.15, -0.1) is 0 Å². The molecule has 3 rings (SSSR count). The molecule has 0 fully saturated rings. The van der Waals surface area contributed by atoms with E-state index in [1.54, 1.807) is 12.4 Å². The van der Waals surface area contributed by atoms with Gasteiger partial charge in [-0.25, -0.2) is 0 Å². The van der Waals surface area contributed by atoms with Gasteiger partial charge in [0.25, 0.3) is 0 Å². The van der Waals surface area contributed by atoms with Gasteiger partial charge in [-0.2, -0.15) is 0 Å². The van der Waals surface area contributed by atoms with Crippen molar-refractivity contribution in [3.8, 4) is 0 Å². The summed E-state index contributed by atoms with van der Waals surface area (Å²) in [6.45, 7) is 1.97. The maximum absolute atomic E-state index is 6.33. The third kappa shape index (κ3) is 2.33. The quantitative estimate of drug-likeness (QED) is 0.759. The number of fused-ring (bicyclic) bond motifs is 1. The van der Waals surface area contributed by atoms with Crippen LogP contribution in [0.1, 0.15) is 22.9 Å². The lowest BCUT2D eigenvalue weighted by molar-refractivity contribution is 0.866. The van der Waals surface area contributed by atoms with E-state index < -0.39 is 0 Å². The molecule has 1 atom stereocenters. The minimum Gasteiger partial charge on any atom is -0.320 e. The molecule has 2 aromatic heterocycles. The molecule has 0 saturated heterocycles. The molecule has 0 amide bonds. The molecule has 0 bridgehead atoms. The third-order valence-electron chi connectivity index (χ3n) is 3.27. The van der Waals surface area contributed by atoms with Crippen molar-refractivity contribution in [2.75, 3.05) is 0 Å². The molecule has 19 heavy (non-hydrogen) atoms. The number of nitrogens with two attached hydrogens (primary N) is 1. The van der Waals surface area contributed by atoms with Crippen LogP contribution in [0.5, 0.6) is 0 Å². The van der Waals surface area contributed by atoms with Crippen LogP contribution < -0.4 is 5.73 Å². The van der Waals surface area contributed by atoms with E-state index in [9.17, 15) is 0 Å². The summed E-state index contributed by atoms with van der Waals surface area (Å²) in [6.07, 6.45) is 3.60. The Labute approximate surface area is 112 Å². The Kier molecular flexibility index (Phi) is 2.97. The summed E-state index contributed by atoms with van der Waals surface area (Å²) in [5, 5.41) is 1.11. The molecule has 2 heterocycles. The van der Waals surface area contributed by atoms with Crippen molar-refractivity contribution in [3.05, 3.63) is 71.7 Å². The monoisotopic (exact) mass is 249 g/mol. The summed E-state index contributed by atoms with van der Waals surface area (Å²) in [5.41, 5.74) is 10.5. The molecule has 0 spiro atoms. The fourth-order valence-electron chi connectivity index (χ4n) is 2.24. The van der Waals surface area contributed by atoms with Crippen molar-refractivity contribution in [1.29, 1.82) is 0 Å². The highest BCUT2D eigenvalue weighted by Gasteiger charge is 2.09. The lowest BCUT2D eigenvalue weighted by Gasteiger charge is -2.13. The fourth-order valence-corrected chi connectivity index (χ4v) is 2.24. The van der Waals surface area contributed by atoms with Gasteiger partial charge in [0.15, 0.2) is 0 Å². The number of rotatable bonds is 2. The first-order chi connectivity index (χ1) is 9.24. The van der Waals surface area contributed by atoms with E-state index in [0.29, 0.717) is 0 Å². The highest BCUT2D eigenvalue weighted by Crippen LogP contribution is 2.23. The molecule has 1 aromatic carbocycles. The minimum atomic E-state index is -0.133. The molecule has 0 radical (unpaired) electrons. The number of hydrogen-bond donors (Lipinski definition) is 1. The maximum atomic E-state index is 6.33. The van der Waals surface area contributed by atoms with Crippen LogP contribution in [0.2, 0.25) is 0 Å². The summed E-state index contributed by atoms with van der Waals surface area (Å²) in [4.78, 5) is 8.52. The van der Waals surface area contributed by atoms with E-state index in [1.807, 2.05) is 37.3 Å². The lowest BCUT2D eigenvalue weighted by Crippen LogP contribution is -2.12. The number of aromatic nitrogens is 2. The van der Waals surface area contributed by atoms with E-state index in [-0.39, 0.29) is 6.04 Å². The van der Waals surface area contributed by atoms with Gasteiger partial charge in [-0.3, -0.25) is 9.97 Å². The van der Waals surface area contributed by atoms with Crippen LogP contribution >= 0.6 is 0 Å². The summed E-state index contributed by atoms with van der Waals surface area (Å²) in [5.74, 6) is 0. The third-order valence-corrected chi connectivity index (χ3v) is 3.27. The smallest absolute Gasteiger partial charge is 0.0702 e. The second kappa shape index (κ2) is 4.78. The van der Waals surface area contributed by atoms with Crippen LogP contribution in [0.4, 0.5) is 0 Å². The number of nitrogens with zero attached hydrogens (tertiary/aromatic N) is 2. The minimum absolute atomic E-state index is 0.133. The number of pyridine rings is 2. The predicted molar refractivity (Wildman–Crippen MR) is 76.7 cm³/mol. The van der Waals surface area contributed by atoms with Crippen LogP contribution in [0.15, 0.2) is 54.9 Å². The fraction of sp³-hybridized carbons (Fsp3) is 0.125. The molecular formula is C16H15N3. The van der Waals surface area contributed by atoms with Crippen molar-refractivity contribution >= 4 is 10.9 Å². The average molecular weight is 249 g/mol. The Balaban J connectivity index is 2.04. The average Bonchev–Trinajstić information content (AvgIpc) is 2.46. The molecule has 3 aromatic rings. The van der Waals surface area contributed by atoms with E-state index in [4.69, 9.17) is 5.73 Å². The zero-order valence-electron chi connectivity index (χ0n) is 10.7. The Hall–Kier alpha value is -2.26. The van der Waals surface area contributed by atoms with Gasteiger partial charge < -0.3 is 5.73 Å². The van der Waals surface area contributed by atoms with E-state index in [1.165, 1.54) is 0 Å². The van der Waals surface area contributed by atoms with Crippen molar-refractivity contribution in [2.45, 2.75) is 13.0 Å². The van der Waals surface area contributed by atoms with Crippen molar-refractivity contribution < 1.29 is 0 Å². The first kappa shape index (κ1) is 11.8. The molecule has 0 saturated carbocycles.